The van der Waals surface area contributed by atoms with Gasteiger partial charge in [0.15, 0.2) is 0 Å². The Hall–Kier alpha value is -2.44. The molecule has 0 saturated heterocycles. The van der Waals surface area contributed by atoms with Gasteiger partial charge >= 0.3 is 5.97 Å². The van der Waals surface area contributed by atoms with Crippen LogP contribution in [0.25, 0.3) is 5.69 Å². The molecule has 5 nitrogen and oxygen atoms in total. The van der Waals surface area contributed by atoms with Gasteiger partial charge in [0.1, 0.15) is 17.0 Å². The Balaban J connectivity index is 2.58. The molecule has 7 heteroatoms. The first kappa shape index (κ1) is 13.0. The first-order valence-corrected chi connectivity index (χ1v) is 5.28. The van der Waals surface area contributed by atoms with Crippen LogP contribution in [-0.4, -0.2) is 28.0 Å². The van der Waals surface area contributed by atoms with Gasteiger partial charge in [0, 0.05) is 6.07 Å². The molecule has 100 valence electrons. The fourth-order valence-corrected chi connectivity index (χ4v) is 1.68. The molecule has 0 amide bonds. The Morgan fingerprint density at radius 1 is 1.47 bits per heavy atom. The monoisotopic (exact) mass is 268 g/mol. The summed E-state index contributed by atoms with van der Waals surface area (Å²) in [5.74, 6) is -0.977. The number of ether oxygens (including phenoxy) is 1. The quantitative estimate of drug-likeness (QED) is 0.925. The van der Waals surface area contributed by atoms with Crippen molar-refractivity contribution in [1.82, 2.24) is 9.78 Å². The lowest BCUT2D eigenvalue weighted by atomic mass is 10.2. The Labute approximate surface area is 107 Å². The maximum absolute atomic E-state index is 13.0. The van der Waals surface area contributed by atoms with E-state index < -0.39 is 23.7 Å². The fraction of sp³-hybridized carbons (Fsp3) is 0.167. The Kier molecular flexibility index (Phi) is 3.46. The molecule has 0 radical (unpaired) electrons. The highest BCUT2D eigenvalue weighted by molar-refractivity contribution is 5.88. The Morgan fingerprint density at radius 3 is 2.79 bits per heavy atom. The average Bonchev–Trinajstić information content (AvgIpc) is 2.83. The molecular weight excluding hydrogens is 258 g/mol. The number of aromatic nitrogens is 2. The minimum absolute atomic E-state index is 0.308. The standard InChI is InChI=1S/C12H10F2N2O3/c1-19-8-4-2-3-7(5-8)16-10(11(13)14)9(6-15-16)12(17)18/h2-6,11H,1H3,(H,17,18). The SMILES string of the molecule is COc1cccc(-n2ncc(C(=O)O)c2C(F)F)c1. The minimum atomic E-state index is -2.94. The predicted molar refractivity (Wildman–Crippen MR) is 62.0 cm³/mol. The molecule has 1 aromatic heterocycles. The summed E-state index contributed by atoms with van der Waals surface area (Å²) in [5, 5.41) is 12.6. The largest absolute Gasteiger partial charge is 0.497 e. The van der Waals surface area contributed by atoms with Crippen molar-refractivity contribution in [2.75, 3.05) is 7.11 Å². The van der Waals surface area contributed by atoms with Crippen LogP contribution in [0.4, 0.5) is 8.78 Å². The molecule has 0 bridgehead atoms. The summed E-state index contributed by atoms with van der Waals surface area (Å²) in [6.07, 6.45) is -2.04. The van der Waals surface area contributed by atoms with Crippen molar-refractivity contribution in [3.8, 4) is 11.4 Å². The van der Waals surface area contributed by atoms with E-state index in [2.05, 4.69) is 5.10 Å². The third-order valence-corrected chi connectivity index (χ3v) is 2.54. The highest BCUT2D eigenvalue weighted by atomic mass is 19.3. The number of nitrogens with zero attached hydrogens (tertiary/aromatic N) is 2. The van der Waals surface area contributed by atoms with Crippen molar-refractivity contribution in [3.63, 3.8) is 0 Å². The van der Waals surface area contributed by atoms with E-state index >= 15 is 0 Å². The highest BCUT2D eigenvalue weighted by Crippen LogP contribution is 2.27. The van der Waals surface area contributed by atoms with E-state index in [0.29, 0.717) is 11.4 Å². The molecule has 2 aromatic rings. The summed E-state index contributed by atoms with van der Waals surface area (Å²) < 4.78 is 31.9. The van der Waals surface area contributed by atoms with Crippen molar-refractivity contribution in [2.45, 2.75) is 6.43 Å². The summed E-state index contributed by atoms with van der Waals surface area (Å²) in [4.78, 5) is 10.9. The molecule has 0 atom stereocenters. The van der Waals surface area contributed by atoms with E-state index in [1.165, 1.54) is 19.2 Å². The molecule has 0 aliphatic carbocycles. The van der Waals surface area contributed by atoms with Gasteiger partial charge < -0.3 is 9.84 Å². The zero-order valence-corrected chi connectivity index (χ0v) is 9.88. The van der Waals surface area contributed by atoms with Crippen molar-refractivity contribution >= 4 is 5.97 Å². The van der Waals surface area contributed by atoms with Crippen LogP contribution in [0.15, 0.2) is 30.5 Å². The third kappa shape index (κ3) is 2.40. The van der Waals surface area contributed by atoms with Gasteiger partial charge in [-0.15, -0.1) is 0 Å². The fourth-order valence-electron chi connectivity index (χ4n) is 1.68. The van der Waals surface area contributed by atoms with E-state index in [1.807, 2.05) is 0 Å². The first-order valence-electron chi connectivity index (χ1n) is 5.28. The molecule has 0 aliphatic rings. The van der Waals surface area contributed by atoms with Crippen LogP contribution in [0.5, 0.6) is 5.75 Å². The second-order valence-electron chi connectivity index (χ2n) is 3.66. The number of carboxylic acids is 1. The minimum Gasteiger partial charge on any atom is -0.497 e. The summed E-state index contributed by atoms with van der Waals surface area (Å²) in [6.45, 7) is 0. The van der Waals surface area contributed by atoms with Crippen LogP contribution in [-0.2, 0) is 0 Å². The molecular formula is C12H10F2N2O3. The number of carbonyl (C=O) groups is 1. The predicted octanol–water partition coefficient (Wildman–Crippen LogP) is 2.52. The Morgan fingerprint density at radius 2 is 2.21 bits per heavy atom. The molecule has 0 saturated carbocycles. The van der Waals surface area contributed by atoms with Crippen molar-refractivity contribution in [3.05, 3.63) is 41.7 Å². The van der Waals surface area contributed by atoms with E-state index in [4.69, 9.17) is 9.84 Å². The van der Waals surface area contributed by atoms with Gasteiger partial charge in [-0.05, 0) is 12.1 Å². The molecule has 0 aliphatic heterocycles. The molecule has 1 N–H and O–H groups in total. The second kappa shape index (κ2) is 5.05. The van der Waals surface area contributed by atoms with E-state index in [9.17, 15) is 13.6 Å². The number of benzene rings is 1. The van der Waals surface area contributed by atoms with Gasteiger partial charge in [-0.3, -0.25) is 0 Å². The maximum Gasteiger partial charge on any atom is 0.339 e. The molecule has 19 heavy (non-hydrogen) atoms. The first-order chi connectivity index (χ1) is 9.04. The maximum atomic E-state index is 13.0. The number of rotatable bonds is 4. The summed E-state index contributed by atoms with van der Waals surface area (Å²) >= 11 is 0. The van der Waals surface area contributed by atoms with E-state index in [0.717, 1.165) is 10.9 Å². The smallest absolute Gasteiger partial charge is 0.339 e. The van der Waals surface area contributed by atoms with Gasteiger partial charge in [-0.1, -0.05) is 6.07 Å². The topological polar surface area (TPSA) is 64.4 Å². The van der Waals surface area contributed by atoms with Crippen LogP contribution < -0.4 is 4.74 Å². The van der Waals surface area contributed by atoms with Crippen molar-refractivity contribution in [1.29, 1.82) is 0 Å². The zero-order valence-electron chi connectivity index (χ0n) is 9.88. The van der Waals surface area contributed by atoms with E-state index in [-0.39, 0.29) is 0 Å². The summed E-state index contributed by atoms with van der Waals surface area (Å²) in [5.41, 5.74) is -0.860. The van der Waals surface area contributed by atoms with Crippen LogP contribution in [0.3, 0.4) is 0 Å². The lowest BCUT2D eigenvalue weighted by Crippen LogP contribution is -2.07. The third-order valence-electron chi connectivity index (χ3n) is 2.54. The number of halogens is 2. The second-order valence-corrected chi connectivity index (χ2v) is 3.66. The number of aromatic carboxylic acids is 1. The number of alkyl halides is 2. The number of methoxy groups -OCH3 is 1. The molecule has 1 heterocycles. The summed E-state index contributed by atoms with van der Waals surface area (Å²) in [7, 11) is 1.44. The van der Waals surface area contributed by atoms with Crippen molar-refractivity contribution < 1.29 is 23.4 Å². The van der Waals surface area contributed by atoms with Crippen molar-refractivity contribution in [2.24, 2.45) is 0 Å². The molecule has 1 aromatic carbocycles. The normalized spacial score (nSPS) is 10.7. The molecule has 0 spiro atoms. The van der Waals surface area contributed by atoms with Crippen LogP contribution >= 0.6 is 0 Å². The number of carboxylic acid groups (broad SMARTS) is 1. The van der Waals surface area contributed by atoms with E-state index in [1.54, 1.807) is 12.1 Å². The van der Waals surface area contributed by atoms with Crippen LogP contribution in [0, 0.1) is 0 Å². The summed E-state index contributed by atoms with van der Waals surface area (Å²) in [6, 6.07) is 6.27. The van der Waals surface area contributed by atoms with Gasteiger partial charge in [0.05, 0.1) is 19.0 Å². The van der Waals surface area contributed by atoms with Gasteiger partial charge in [-0.2, -0.15) is 5.10 Å². The van der Waals surface area contributed by atoms with Crippen LogP contribution in [0.1, 0.15) is 22.5 Å². The van der Waals surface area contributed by atoms with Gasteiger partial charge in [-0.25, -0.2) is 18.3 Å². The van der Waals surface area contributed by atoms with Gasteiger partial charge in [0.25, 0.3) is 6.43 Å². The highest BCUT2D eigenvalue weighted by Gasteiger charge is 2.25. The average molecular weight is 268 g/mol. The molecule has 0 fully saturated rings. The van der Waals surface area contributed by atoms with Gasteiger partial charge in [0.2, 0.25) is 0 Å². The zero-order chi connectivity index (χ0) is 14.0. The van der Waals surface area contributed by atoms with Crippen LogP contribution in [0.2, 0.25) is 0 Å². The Bertz CT molecular complexity index is 611. The number of hydrogen-bond acceptors (Lipinski definition) is 3. The number of hydrogen-bond donors (Lipinski definition) is 1. The molecule has 2 rings (SSSR count). The lowest BCUT2D eigenvalue weighted by Gasteiger charge is -2.09. The lowest BCUT2D eigenvalue weighted by molar-refractivity contribution is 0.0683. The molecule has 0 unspecified atom stereocenters.